The Labute approximate surface area is 176 Å². The molecule has 30 heavy (non-hydrogen) atoms. The summed E-state index contributed by atoms with van der Waals surface area (Å²) in [5, 5.41) is 3.03. The van der Waals surface area contributed by atoms with Crippen LogP contribution in [0, 0.1) is 5.82 Å². The van der Waals surface area contributed by atoms with Gasteiger partial charge in [-0.2, -0.15) is 0 Å². The second-order valence-electron chi connectivity index (χ2n) is 6.82. The molecule has 2 heterocycles. The molecule has 154 valence electrons. The van der Waals surface area contributed by atoms with Crippen molar-refractivity contribution >= 4 is 23.5 Å². The fourth-order valence-electron chi connectivity index (χ4n) is 3.45. The molecule has 4 rings (SSSR count). The van der Waals surface area contributed by atoms with Gasteiger partial charge in [0.15, 0.2) is 5.16 Å². The van der Waals surface area contributed by atoms with Crippen molar-refractivity contribution in [2.45, 2.75) is 30.2 Å². The molecule has 8 heteroatoms. The normalized spacial score (nSPS) is 15.4. The van der Waals surface area contributed by atoms with E-state index in [2.05, 4.69) is 15.3 Å². The Balaban J connectivity index is 1.65. The molecule has 0 aliphatic carbocycles. The first-order valence-corrected chi connectivity index (χ1v) is 10.6. The highest BCUT2D eigenvalue weighted by Crippen LogP contribution is 2.35. The molecule has 6 nitrogen and oxygen atoms in total. The molecule has 3 aromatic rings. The quantitative estimate of drug-likeness (QED) is 0.459. The van der Waals surface area contributed by atoms with E-state index < -0.39 is 5.92 Å². The van der Waals surface area contributed by atoms with E-state index in [1.807, 2.05) is 31.2 Å². The molecule has 0 saturated heterocycles. The van der Waals surface area contributed by atoms with Crippen molar-refractivity contribution in [1.82, 2.24) is 9.97 Å². The number of amides is 1. The third-order valence-corrected chi connectivity index (χ3v) is 5.75. The van der Waals surface area contributed by atoms with Gasteiger partial charge in [0.05, 0.1) is 12.2 Å². The van der Waals surface area contributed by atoms with Crippen LogP contribution in [0.15, 0.2) is 58.5 Å². The third kappa shape index (κ3) is 4.23. The minimum atomic E-state index is -0.420. The number of carbonyl (C=O) groups excluding carboxylic acids is 1. The number of thioether (sulfide) groups is 1. The molecule has 1 aromatic heterocycles. The van der Waals surface area contributed by atoms with Crippen molar-refractivity contribution < 1.29 is 13.9 Å². The number of H-pyrrole nitrogens is 1. The Morgan fingerprint density at radius 2 is 2.03 bits per heavy atom. The maximum Gasteiger partial charge on any atom is 0.257 e. The van der Waals surface area contributed by atoms with Crippen molar-refractivity contribution in [3.05, 3.63) is 81.4 Å². The summed E-state index contributed by atoms with van der Waals surface area (Å²) in [4.78, 5) is 32.4. The number of anilines is 1. The van der Waals surface area contributed by atoms with Crippen LogP contribution in [0.3, 0.4) is 0 Å². The minimum Gasteiger partial charge on any atom is -0.494 e. The lowest BCUT2D eigenvalue weighted by molar-refractivity contribution is -0.116. The van der Waals surface area contributed by atoms with Gasteiger partial charge in [-0.05, 0) is 36.2 Å². The highest BCUT2D eigenvalue weighted by molar-refractivity contribution is 7.98. The van der Waals surface area contributed by atoms with E-state index in [9.17, 15) is 14.0 Å². The number of hydrogen-bond donors (Lipinski definition) is 2. The van der Waals surface area contributed by atoms with Crippen LogP contribution in [0.2, 0.25) is 0 Å². The zero-order valence-corrected chi connectivity index (χ0v) is 17.1. The highest BCUT2D eigenvalue weighted by atomic mass is 32.2. The van der Waals surface area contributed by atoms with Gasteiger partial charge >= 0.3 is 0 Å². The number of nitrogens with zero attached hydrogens (tertiary/aromatic N) is 1. The molecule has 1 aliphatic rings. The monoisotopic (exact) mass is 425 g/mol. The molecule has 0 spiro atoms. The first-order chi connectivity index (χ1) is 14.5. The van der Waals surface area contributed by atoms with E-state index in [1.54, 1.807) is 18.2 Å². The van der Waals surface area contributed by atoms with Crippen molar-refractivity contribution in [1.29, 1.82) is 0 Å². The Morgan fingerprint density at radius 3 is 2.83 bits per heavy atom. The first kappa shape index (κ1) is 20.2. The van der Waals surface area contributed by atoms with Gasteiger partial charge in [0.25, 0.3) is 5.56 Å². The first-order valence-electron chi connectivity index (χ1n) is 9.58. The summed E-state index contributed by atoms with van der Waals surface area (Å²) in [6.07, 6.45) is 0.148. The lowest BCUT2D eigenvalue weighted by atomic mass is 9.87. The molecule has 2 N–H and O–H groups in total. The lowest BCUT2D eigenvalue weighted by Gasteiger charge is -2.24. The van der Waals surface area contributed by atoms with Gasteiger partial charge in [-0.3, -0.25) is 9.59 Å². The molecule has 0 fully saturated rings. The Bertz CT molecular complexity index is 1150. The van der Waals surface area contributed by atoms with E-state index in [4.69, 9.17) is 4.74 Å². The summed E-state index contributed by atoms with van der Waals surface area (Å²) in [6.45, 7) is 2.42. The maximum absolute atomic E-state index is 13.8. The van der Waals surface area contributed by atoms with Crippen LogP contribution >= 0.6 is 11.8 Å². The number of aromatic amines is 1. The van der Waals surface area contributed by atoms with Crippen molar-refractivity contribution in [3.8, 4) is 5.75 Å². The van der Waals surface area contributed by atoms with E-state index in [0.717, 1.165) is 5.56 Å². The fourth-order valence-corrected chi connectivity index (χ4v) is 4.30. The number of halogens is 1. The highest BCUT2D eigenvalue weighted by Gasteiger charge is 2.31. The zero-order valence-electron chi connectivity index (χ0n) is 16.3. The number of ether oxygens (including phenoxy) is 1. The fraction of sp³-hybridized carbons (Fsp3) is 0.227. The van der Waals surface area contributed by atoms with E-state index in [1.165, 1.54) is 17.8 Å². The van der Waals surface area contributed by atoms with Gasteiger partial charge in [0.2, 0.25) is 5.91 Å². The molecule has 2 aromatic carbocycles. The predicted octanol–water partition coefficient (Wildman–Crippen LogP) is 4.07. The van der Waals surface area contributed by atoms with E-state index >= 15 is 0 Å². The number of benzene rings is 2. The summed E-state index contributed by atoms with van der Waals surface area (Å²) in [5.74, 6) is 0.297. The molecule has 0 saturated carbocycles. The number of fused-ring (bicyclic) bond motifs is 1. The van der Waals surface area contributed by atoms with E-state index in [-0.39, 0.29) is 29.5 Å². The molecule has 0 bridgehead atoms. The number of rotatable bonds is 6. The topological polar surface area (TPSA) is 84.1 Å². The van der Waals surface area contributed by atoms with Crippen LogP contribution in [-0.4, -0.2) is 22.5 Å². The summed E-state index contributed by atoms with van der Waals surface area (Å²) >= 11 is 1.20. The molecular weight excluding hydrogens is 405 g/mol. The number of carbonyl (C=O) groups is 1. The van der Waals surface area contributed by atoms with Crippen LogP contribution in [-0.2, 0) is 10.5 Å². The SMILES string of the molecule is CCOc1cccc([C@@H]2CC(=O)Nc3nc(SCc4ccccc4F)[nH]c(=O)c32)c1. The Hall–Kier alpha value is -3.13. The van der Waals surface area contributed by atoms with E-state index in [0.29, 0.717) is 34.4 Å². The second-order valence-corrected chi connectivity index (χ2v) is 7.79. The third-order valence-electron chi connectivity index (χ3n) is 4.82. The largest absolute Gasteiger partial charge is 0.494 e. The van der Waals surface area contributed by atoms with Crippen molar-refractivity contribution in [2.24, 2.45) is 0 Å². The number of nitrogens with one attached hydrogen (secondary N) is 2. The van der Waals surface area contributed by atoms with Gasteiger partial charge in [-0.1, -0.05) is 42.1 Å². The Kier molecular flexibility index (Phi) is 5.85. The molecule has 1 atom stereocenters. The number of hydrogen-bond acceptors (Lipinski definition) is 5. The van der Waals surface area contributed by atoms with Crippen molar-refractivity contribution in [2.75, 3.05) is 11.9 Å². The molecular formula is C22H20FN3O3S. The summed E-state index contributed by atoms with van der Waals surface area (Å²) in [7, 11) is 0. The van der Waals surface area contributed by atoms with Gasteiger partial charge < -0.3 is 15.0 Å². The smallest absolute Gasteiger partial charge is 0.257 e. The zero-order chi connectivity index (χ0) is 21.1. The van der Waals surface area contributed by atoms with Gasteiger partial charge in [0, 0.05) is 18.1 Å². The second kappa shape index (κ2) is 8.71. The van der Waals surface area contributed by atoms with Gasteiger partial charge in [0.1, 0.15) is 17.4 Å². The van der Waals surface area contributed by atoms with Crippen LogP contribution in [0.4, 0.5) is 10.2 Å². The summed E-state index contributed by atoms with van der Waals surface area (Å²) < 4.78 is 19.4. The van der Waals surface area contributed by atoms with Crippen LogP contribution < -0.4 is 15.6 Å². The van der Waals surface area contributed by atoms with Crippen LogP contribution in [0.25, 0.3) is 0 Å². The van der Waals surface area contributed by atoms with Crippen molar-refractivity contribution in [3.63, 3.8) is 0 Å². The molecule has 1 amide bonds. The van der Waals surface area contributed by atoms with Crippen LogP contribution in [0.1, 0.15) is 36.0 Å². The van der Waals surface area contributed by atoms with Gasteiger partial charge in [-0.15, -0.1) is 0 Å². The number of aromatic nitrogens is 2. The molecule has 0 unspecified atom stereocenters. The predicted molar refractivity (Wildman–Crippen MR) is 114 cm³/mol. The lowest BCUT2D eigenvalue weighted by Crippen LogP contribution is -2.31. The molecule has 1 aliphatic heterocycles. The standard InChI is InChI=1S/C22H20FN3O3S/c1-2-29-15-8-5-7-13(10-15)16-11-18(27)24-20-19(16)21(28)26-22(25-20)30-12-14-6-3-4-9-17(14)23/h3-10,16H,2,11-12H2,1H3,(H2,24,25,26,27,28)/t16-/m0/s1. The minimum absolute atomic E-state index is 0.148. The summed E-state index contributed by atoms with van der Waals surface area (Å²) in [6, 6.07) is 13.8. The molecule has 0 radical (unpaired) electrons. The van der Waals surface area contributed by atoms with Gasteiger partial charge in [-0.25, -0.2) is 9.37 Å². The van der Waals surface area contributed by atoms with Crippen LogP contribution in [0.5, 0.6) is 5.75 Å². The average Bonchev–Trinajstić information content (AvgIpc) is 2.73. The summed E-state index contributed by atoms with van der Waals surface area (Å²) in [5.41, 5.74) is 1.43. The Morgan fingerprint density at radius 1 is 1.20 bits per heavy atom. The average molecular weight is 425 g/mol. The maximum atomic E-state index is 13.8.